The largest absolute Gasteiger partial charge is 0.445 e. The molecule has 156 valence electrons. The number of benzene rings is 2. The highest BCUT2D eigenvalue weighted by Crippen LogP contribution is 2.36. The molecule has 2 aromatic carbocycles. The number of morpholine rings is 1. The van der Waals surface area contributed by atoms with Gasteiger partial charge in [0, 0.05) is 19.6 Å². The molecule has 2 aromatic rings. The molecule has 1 saturated heterocycles. The summed E-state index contributed by atoms with van der Waals surface area (Å²) in [4.78, 5) is 14.0. The van der Waals surface area contributed by atoms with E-state index >= 15 is 0 Å². The molecule has 1 aliphatic rings. The van der Waals surface area contributed by atoms with Crippen LogP contribution >= 0.6 is 11.8 Å². The molecular formula is C22H28N2O4S. The molecule has 29 heavy (non-hydrogen) atoms. The first-order valence-corrected chi connectivity index (χ1v) is 10.6. The zero-order valence-electron chi connectivity index (χ0n) is 16.6. The number of hydrogen-bond donors (Lipinski definition) is 2. The number of amides is 1. The van der Waals surface area contributed by atoms with Crippen molar-refractivity contribution in [1.82, 2.24) is 10.2 Å². The molecule has 0 aliphatic carbocycles. The highest BCUT2D eigenvalue weighted by atomic mass is 32.2. The molecule has 0 spiro atoms. The molecule has 0 saturated carbocycles. The normalized spacial score (nSPS) is 17.9. The van der Waals surface area contributed by atoms with Crippen LogP contribution in [-0.4, -0.2) is 53.8 Å². The van der Waals surface area contributed by atoms with Crippen molar-refractivity contribution in [2.75, 3.05) is 32.8 Å². The van der Waals surface area contributed by atoms with Gasteiger partial charge in [-0.05, 0) is 18.1 Å². The summed E-state index contributed by atoms with van der Waals surface area (Å²) in [6, 6.07) is 19.0. The van der Waals surface area contributed by atoms with Gasteiger partial charge in [-0.25, -0.2) is 4.79 Å². The molecule has 7 heteroatoms. The molecule has 6 nitrogen and oxygen atoms in total. The number of rotatable bonds is 8. The third-order valence-electron chi connectivity index (χ3n) is 4.66. The molecule has 1 heterocycles. The van der Waals surface area contributed by atoms with Gasteiger partial charge in [-0.15, -0.1) is 0 Å². The lowest BCUT2D eigenvalue weighted by Crippen LogP contribution is -2.53. The van der Waals surface area contributed by atoms with Crippen molar-refractivity contribution in [3.05, 3.63) is 71.8 Å². The lowest BCUT2D eigenvalue weighted by atomic mass is 10.2. The SMILES string of the molecule is C[C@](CN1CCOCC1)(NC(=O)OCc1ccccc1)S[C@@H](O)c1ccccc1. The van der Waals surface area contributed by atoms with Crippen molar-refractivity contribution in [3.8, 4) is 0 Å². The fraction of sp³-hybridized carbons (Fsp3) is 0.409. The lowest BCUT2D eigenvalue weighted by Gasteiger charge is -2.38. The zero-order chi connectivity index (χ0) is 20.5. The van der Waals surface area contributed by atoms with E-state index in [1.54, 1.807) is 0 Å². The Morgan fingerprint density at radius 3 is 2.45 bits per heavy atom. The monoisotopic (exact) mass is 416 g/mol. The number of nitrogens with zero attached hydrogens (tertiary/aromatic N) is 1. The van der Waals surface area contributed by atoms with Crippen LogP contribution in [-0.2, 0) is 16.1 Å². The van der Waals surface area contributed by atoms with Crippen LogP contribution < -0.4 is 5.32 Å². The molecular weight excluding hydrogens is 388 g/mol. The van der Waals surface area contributed by atoms with Crippen LogP contribution in [0.1, 0.15) is 23.5 Å². The van der Waals surface area contributed by atoms with E-state index < -0.39 is 16.4 Å². The van der Waals surface area contributed by atoms with Gasteiger partial charge < -0.3 is 19.9 Å². The van der Waals surface area contributed by atoms with Crippen molar-refractivity contribution in [2.45, 2.75) is 23.8 Å². The first kappa shape index (κ1) is 21.6. The third kappa shape index (κ3) is 7.04. The number of carbonyl (C=O) groups is 1. The maximum Gasteiger partial charge on any atom is 0.408 e. The molecule has 2 atom stereocenters. The van der Waals surface area contributed by atoms with Gasteiger partial charge in [0.1, 0.15) is 16.9 Å². The number of thioether (sulfide) groups is 1. The van der Waals surface area contributed by atoms with Crippen LogP contribution in [0.3, 0.4) is 0 Å². The molecule has 1 fully saturated rings. The number of alkyl carbamates (subject to hydrolysis) is 1. The molecule has 1 aliphatic heterocycles. The second-order valence-corrected chi connectivity index (χ2v) is 8.77. The average Bonchev–Trinajstić information content (AvgIpc) is 2.74. The van der Waals surface area contributed by atoms with E-state index in [4.69, 9.17) is 9.47 Å². The Morgan fingerprint density at radius 2 is 1.79 bits per heavy atom. The summed E-state index contributed by atoms with van der Waals surface area (Å²) in [7, 11) is 0. The first-order chi connectivity index (χ1) is 14.0. The molecule has 1 amide bonds. The standard InChI is InChI=1S/C22H28N2O4S/c1-22(17-24-12-14-27-15-13-24,29-20(25)19-10-6-3-7-11-19)23-21(26)28-16-18-8-4-2-5-9-18/h2-11,20,25H,12-17H2,1H3,(H,23,26)/t20-,22+/m1/s1. The molecule has 0 radical (unpaired) electrons. The zero-order valence-corrected chi connectivity index (χ0v) is 17.4. The van der Waals surface area contributed by atoms with E-state index in [-0.39, 0.29) is 6.61 Å². The van der Waals surface area contributed by atoms with Crippen LogP contribution in [0.25, 0.3) is 0 Å². The molecule has 0 bridgehead atoms. The summed E-state index contributed by atoms with van der Waals surface area (Å²) in [5.74, 6) is 0. The fourth-order valence-corrected chi connectivity index (χ4v) is 4.38. The molecule has 2 N–H and O–H groups in total. The number of ether oxygens (including phenoxy) is 2. The molecule has 0 unspecified atom stereocenters. The average molecular weight is 417 g/mol. The second-order valence-electron chi connectivity index (χ2n) is 7.19. The predicted octanol–water partition coefficient (Wildman–Crippen LogP) is 3.39. The minimum atomic E-state index is -0.767. The highest BCUT2D eigenvalue weighted by Gasteiger charge is 2.34. The van der Waals surface area contributed by atoms with E-state index in [2.05, 4.69) is 10.2 Å². The minimum absolute atomic E-state index is 0.201. The number of aliphatic hydroxyl groups is 1. The van der Waals surface area contributed by atoms with Gasteiger partial charge in [0.05, 0.1) is 13.2 Å². The Hall–Kier alpha value is -2.06. The van der Waals surface area contributed by atoms with Gasteiger partial charge in [0.15, 0.2) is 0 Å². The van der Waals surface area contributed by atoms with E-state index in [0.29, 0.717) is 19.8 Å². The van der Waals surface area contributed by atoms with E-state index in [0.717, 1.165) is 24.2 Å². The summed E-state index contributed by atoms with van der Waals surface area (Å²) < 4.78 is 10.8. The summed E-state index contributed by atoms with van der Waals surface area (Å²) in [5.41, 5.74) is 0.955. The van der Waals surface area contributed by atoms with Crippen molar-refractivity contribution in [2.24, 2.45) is 0 Å². The van der Waals surface area contributed by atoms with Crippen molar-refractivity contribution in [1.29, 1.82) is 0 Å². The van der Waals surface area contributed by atoms with Gasteiger partial charge >= 0.3 is 6.09 Å². The number of nitrogens with one attached hydrogen (secondary N) is 1. The Morgan fingerprint density at radius 1 is 1.17 bits per heavy atom. The van der Waals surface area contributed by atoms with Gasteiger partial charge in [-0.3, -0.25) is 4.90 Å². The van der Waals surface area contributed by atoms with Crippen molar-refractivity contribution < 1.29 is 19.4 Å². The minimum Gasteiger partial charge on any atom is -0.445 e. The second kappa shape index (κ2) is 10.6. The van der Waals surface area contributed by atoms with E-state index in [9.17, 15) is 9.90 Å². The van der Waals surface area contributed by atoms with Gasteiger partial charge in [0.2, 0.25) is 0 Å². The Bertz CT molecular complexity index is 756. The van der Waals surface area contributed by atoms with Gasteiger partial charge in [0.25, 0.3) is 0 Å². The van der Waals surface area contributed by atoms with E-state index in [1.165, 1.54) is 11.8 Å². The van der Waals surface area contributed by atoms with Crippen molar-refractivity contribution in [3.63, 3.8) is 0 Å². The fourth-order valence-electron chi connectivity index (χ4n) is 3.20. The van der Waals surface area contributed by atoms with E-state index in [1.807, 2.05) is 67.6 Å². The number of carbonyl (C=O) groups excluding carboxylic acids is 1. The van der Waals surface area contributed by atoms with Gasteiger partial charge in [-0.2, -0.15) is 0 Å². The maximum atomic E-state index is 12.5. The quantitative estimate of drug-likeness (QED) is 0.643. The van der Waals surface area contributed by atoms with Crippen LogP contribution in [0.4, 0.5) is 4.79 Å². The van der Waals surface area contributed by atoms with Crippen LogP contribution in [0.2, 0.25) is 0 Å². The predicted molar refractivity (Wildman–Crippen MR) is 114 cm³/mol. The summed E-state index contributed by atoms with van der Waals surface area (Å²) in [5, 5.41) is 13.7. The Balaban J connectivity index is 1.64. The molecule has 3 rings (SSSR count). The van der Waals surface area contributed by atoms with Gasteiger partial charge in [-0.1, -0.05) is 72.4 Å². The van der Waals surface area contributed by atoms with Crippen LogP contribution in [0, 0.1) is 0 Å². The Kier molecular flexibility index (Phi) is 7.94. The smallest absolute Gasteiger partial charge is 0.408 e. The van der Waals surface area contributed by atoms with Crippen LogP contribution in [0.5, 0.6) is 0 Å². The summed E-state index contributed by atoms with van der Waals surface area (Å²) in [6.07, 6.45) is -0.502. The maximum absolute atomic E-state index is 12.5. The molecule has 0 aromatic heterocycles. The number of hydrogen-bond acceptors (Lipinski definition) is 6. The summed E-state index contributed by atoms with van der Waals surface area (Å²) in [6.45, 7) is 5.61. The highest BCUT2D eigenvalue weighted by molar-refractivity contribution is 8.00. The summed E-state index contributed by atoms with van der Waals surface area (Å²) >= 11 is 1.30. The Labute approximate surface area is 176 Å². The first-order valence-electron chi connectivity index (χ1n) is 9.74. The van der Waals surface area contributed by atoms with Crippen LogP contribution in [0.15, 0.2) is 60.7 Å². The van der Waals surface area contributed by atoms with Crippen molar-refractivity contribution >= 4 is 17.9 Å². The lowest BCUT2D eigenvalue weighted by molar-refractivity contribution is 0.0318. The third-order valence-corrected chi connectivity index (χ3v) is 5.91. The topological polar surface area (TPSA) is 71.0 Å². The number of aliphatic hydroxyl groups excluding tert-OH is 1.